The molecule has 0 bridgehead atoms. The number of hydrogen-bond acceptors (Lipinski definition) is 3. The number of benzene rings is 2. The molecule has 0 spiro atoms. The van der Waals surface area contributed by atoms with Gasteiger partial charge in [0.25, 0.3) is 0 Å². The summed E-state index contributed by atoms with van der Waals surface area (Å²) < 4.78 is 13.4. The Morgan fingerprint density at radius 2 is 2.08 bits per heavy atom. The first-order chi connectivity index (χ1) is 12.2. The maximum atomic E-state index is 13.4. The zero-order chi connectivity index (χ0) is 17.6. The molecule has 1 unspecified atom stereocenters. The molecule has 1 aliphatic heterocycles. The molecule has 1 fully saturated rings. The number of guanidine groups is 1. The first-order valence-corrected chi connectivity index (χ1v) is 8.40. The second kappa shape index (κ2) is 7.88. The lowest BCUT2D eigenvalue weighted by Crippen LogP contribution is -2.44. The smallest absolute Gasteiger partial charge is 0.191 e. The second-order valence-corrected chi connectivity index (χ2v) is 6.12. The Morgan fingerprint density at radius 3 is 2.80 bits per heavy atom. The summed E-state index contributed by atoms with van der Waals surface area (Å²) in [5, 5.41) is 15.8. The van der Waals surface area contributed by atoms with Crippen LogP contribution >= 0.6 is 0 Å². The third kappa shape index (κ3) is 4.41. The van der Waals surface area contributed by atoms with Gasteiger partial charge in [-0.2, -0.15) is 0 Å². The van der Waals surface area contributed by atoms with Gasteiger partial charge in [-0.05, 0) is 36.2 Å². The fourth-order valence-electron chi connectivity index (χ4n) is 2.99. The van der Waals surface area contributed by atoms with E-state index in [0.29, 0.717) is 18.5 Å². The lowest BCUT2D eigenvalue weighted by atomic mass is 10.2. The van der Waals surface area contributed by atoms with E-state index in [2.05, 4.69) is 32.7 Å². The van der Waals surface area contributed by atoms with Crippen LogP contribution in [0.1, 0.15) is 12.0 Å². The number of para-hydroxylation sites is 1. The van der Waals surface area contributed by atoms with Gasteiger partial charge < -0.3 is 20.6 Å². The van der Waals surface area contributed by atoms with Gasteiger partial charge >= 0.3 is 0 Å². The summed E-state index contributed by atoms with van der Waals surface area (Å²) in [7, 11) is 1.72. The number of anilines is 1. The van der Waals surface area contributed by atoms with Crippen LogP contribution in [-0.2, 0) is 6.54 Å². The highest BCUT2D eigenvalue weighted by atomic mass is 19.1. The summed E-state index contributed by atoms with van der Waals surface area (Å²) in [4.78, 5) is 6.58. The van der Waals surface area contributed by atoms with Crippen LogP contribution in [0.25, 0.3) is 0 Å². The molecule has 25 heavy (non-hydrogen) atoms. The highest BCUT2D eigenvalue weighted by molar-refractivity contribution is 5.80. The SMILES string of the molecule is CN=C(NCc1ccc(O)c(F)c1)NC1CCN(c2ccccc2)C1. The first-order valence-electron chi connectivity index (χ1n) is 8.40. The molecule has 3 N–H and O–H groups in total. The van der Waals surface area contributed by atoms with Crippen molar-refractivity contribution in [1.29, 1.82) is 0 Å². The lowest BCUT2D eigenvalue weighted by molar-refractivity contribution is 0.431. The van der Waals surface area contributed by atoms with Gasteiger partial charge in [0, 0.05) is 38.4 Å². The van der Waals surface area contributed by atoms with Gasteiger partial charge in [0.1, 0.15) is 0 Å². The predicted molar refractivity (Wildman–Crippen MR) is 98.5 cm³/mol. The number of aliphatic imine (C=N–C) groups is 1. The van der Waals surface area contributed by atoms with Crippen LogP contribution in [0.3, 0.4) is 0 Å². The summed E-state index contributed by atoms with van der Waals surface area (Å²) in [6.07, 6.45) is 1.03. The van der Waals surface area contributed by atoms with Crippen molar-refractivity contribution in [1.82, 2.24) is 10.6 Å². The fraction of sp³-hybridized carbons (Fsp3) is 0.316. The average Bonchev–Trinajstić information content (AvgIpc) is 3.11. The lowest BCUT2D eigenvalue weighted by Gasteiger charge is -2.20. The first kappa shape index (κ1) is 17.1. The molecule has 0 radical (unpaired) electrons. The molecular formula is C19H23FN4O. The van der Waals surface area contributed by atoms with Crippen molar-refractivity contribution in [2.75, 3.05) is 25.0 Å². The largest absolute Gasteiger partial charge is 0.505 e. The summed E-state index contributed by atoms with van der Waals surface area (Å²) >= 11 is 0. The Balaban J connectivity index is 1.52. The molecule has 1 atom stereocenters. The Morgan fingerprint density at radius 1 is 1.28 bits per heavy atom. The number of hydrogen-bond donors (Lipinski definition) is 3. The maximum Gasteiger partial charge on any atom is 0.191 e. The maximum absolute atomic E-state index is 13.4. The summed E-state index contributed by atoms with van der Waals surface area (Å²) in [6.45, 7) is 2.35. The van der Waals surface area contributed by atoms with Gasteiger partial charge in [-0.3, -0.25) is 4.99 Å². The van der Waals surface area contributed by atoms with E-state index in [1.54, 1.807) is 13.1 Å². The van der Waals surface area contributed by atoms with E-state index in [1.165, 1.54) is 17.8 Å². The molecule has 0 amide bonds. The van der Waals surface area contributed by atoms with E-state index >= 15 is 0 Å². The van der Waals surface area contributed by atoms with Crippen molar-refractivity contribution >= 4 is 11.6 Å². The van der Waals surface area contributed by atoms with Crippen LogP contribution in [0.4, 0.5) is 10.1 Å². The molecule has 0 saturated carbocycles. The summed E-state index contributed by atoms with van der Waals surface area (Å²) in [5.74, 6) is -0.261. The Kier molecular flexibility index (Phi) is 5.38. The molecule has 0 aliphatic carbocycles. The molecule has 1 aliphatic rings. The third-order valence-electron chi connectivity index (χ3n) is 4.35. The third-order valence-corrected chi connectivity index (χ3v) is 4.35. The average molecular weight is 342 g/mol. The van der Waals surface area contributed by atoms with E-state index in [1.807, 2.05) is 18.2 Å². The van der Waals surface area contributed by atoms with Crippen molar-refractivity contribution in [3.8, 4) is 5.75 Å². The van der Waals surface area contributed by atoms with Gasteiger partial charge in [0.2, 0.25) is 0 Å². The molecule has 1 saturated heterocycles. The number of aromatic hydroxyl groups is 1. The summed E-state index contributed by atoms with van der Waals surface area (Å²) in [6, 6.07) is 15.0. The minimum absolute atomic E-state index is 0.308. The van der Waals surface area contributed by atoms with E-state index in [9.17, 15) is 9.50 Å². The van der Waals surface area contributed by atoms with Crippen LogP contribution in [0.5, 0.6) is 5.75 Å². The van der Waals surface area contributed by atoms with Gasteiger partial charge in [-0.15, -0.1) is 0 Å². The van der Waals surface area contributed by atoms with Crippen LogP contribution in [0, 0.1) is 5.82 Å². The van der Waals surface area contributed by atoms with Crippen LogP contribution in [-0.4, -0.2) is 37.2 Å². The number of rotatable bonds is 4. The normalized spacial score (nSPS) is 17.6. The van der Waals surface area contributed by atoms with Crippen LogP contribution in [0.15, 0.2) is 53.5 Å². The van der Waals surface area contributed by atoms with E-state index in [-0.39, 0.29) is 5.75 Å². The van der Waals surface area contributed by atoms with E-state index in [4.69, 9.17) is 0 Å². The number of nitrogens with zero attached hydrogens (tertiary/aromatic N) is 2. The van der Waals surface area contributed by atoms with Crippen molar-refractivity contribution < 1.29 is 9.50 Å². The Labute approximate surface area is 147 Å². The van der Waals surface area contributed by atoms with Crippen molar-refractivity contribution in [2.24, 2.45) is 4.99 Å². The molecule has 0 aromatic heterocycles. The highest BCUT2D eigenvalue weighted by Gasteiger charge is 2.23. The van der Waals surface area contributed by atoms with Gasteiger partial charge in [0.15, 0.2) is 17.5 Å². The van der Waals surface area contributed by atoms with Crippen LogP contribution < -0.4 is 15.5 Å². The number of phenolic OH excluding ortho intramolecular Hbond substituents is 1. The monoisotopic (exact) mass is 342 g/mol. The van der Waals surface area contributed by atoms with Crippen molar-refractivity contribution in [3.05, 3.63) is 59.9 Å². The number of nitrogens with one attached hydrogen (secondary N) is 2. The minimum Gasteiger partial charge on any atom is -0.505 e. The van der Waals surface area contributed by atoms with E-state index < -0.39 is 5.82 Å². The highest BCUT2D eigenvalue weighted by Crippen LogP contribution is 2.19. The van der Waals surface area contributed by atoms with Crippen LogP contribution in [0.2, 0.25) is 0 Å². The van der Waals surface area contributed by atoms with Gasteiger partial charge in [0.05, 0.1) is 0 Å². The number of phenols is 1. The molecule has 132 valence electrons. The standard InChI is InChI=1S/C19H23FN4O/c1-21-19(22-12-14-7-8-18(25)17(20)11-14)23-15-9-10-24(13-15)16-5-3-2-4-6-16/h2-8,11,15,25H,9-10,12-13H2,1H3,(H2,21,22,23). The zero-order valence-corrected chi connectivity index (χ0v) is 14.2. The molecule has 3 rings (SSSR count). The van der Waals surface area contributed by atoms with Gasteiger partial charge in [-0.1, -0.05) is 24.3 Å². The molecule has 6 heteroatoms. The second-order valence-electron chi connectivity index (χ2n) is 6.12. The quantitative estimate of drug-likeness (QED) is 0.590. The molecule has 2 aromatic carbocycles. The molecule has 2 aromatic rings. The topological polar surface area (TPSA) is 59.9 Å². The fourth-order valence-corrected chi connectivity index (χ4v) is 2.99. The van der Waals surface area contributed by atoms with Crippen molar-refractivity contribution in [3.63, 3.8) is 0 Å². The Bertz CT molecular complexity index is 735. The zero-order valence-electron chi connectivity index (χ0n) is 14.2. The van der Waals surface area contributed by atoms with Gasteiger partial charge in [-0.25, -0.2) is 4.39 Å². The summed E-state index contributed by atoms with van der Waals surface area (Å²) in [5.41, 5.74) is 1.98. The minimum atomic E-state index is -0.614. The number of halogens is 1. The molecule has 1 heterocycles. The van der Waals surface area contributed by atoms with Crippen molar-refractivity contribution in [2.45, 2.75) is 19.0 Å². The molecular weight excluding hydrogens is 319 g/mol. The predicted octanol–water partition coefficient (Wildman–Crippen LogP) is 2.48. The molecule has 5 nitrogen and oxygen atoms in total. The Hall–Kier alpha value is -2.76. The van der Waals surface area contributed by atoms with E-state index in [0.717, 1.165) is 25.1 Å².